The SMILES string of the molecule is O=c1cc(-c2ccc(C(F)(F)F)cc2)oc2cc(OCCCCCCBr)ccc12. The molecule has 29 heavy (non-hydrogen) atoms. The summed E-state index contributed by atoms with van der Waals surface area (Å²) >= 11 is 3.40. The van der Waals surface area contributed by atoms with Crippen molar-refractivity contribution in [1.82, 2.24) is 0 Å². The van der Waals surface area contributed by atoms with Crippen LogP contribution in [-0.4, -0.2) is 11.9 Å². The Morgan fingerprint density at radius 2 is 1.66 bits per heavy atom. The summed E-state index contributed by atoms with van der Waals surface area (Å²) in [5, 5.41) is 1.39. The van der Waals surface area contributed by atoms with Crippen molar-refractivity contribution in [3.63, 3.8) is 0 Å². The fraction of sp³-hybridized carbons (Fsp3) is 0.318. The van der Waals surface area contributed by atoms with Crippen LogP contribution in [0.25, 0.3) is 22.3 Å². The summed E-state index contributed by atoms with van der Waals surface area (Å²) in [6.07, 6.45) is -0.137. The lowest BCUT2D eigenvalue weighted by molar-refractivity contribution is -0.137. The highest BCUT2D eigenvalue weighted by Crippen LogP contribution is 2.31. The third-order valence-electron chi connectivity index (χ3n) is 4.49. The van der Waals surface area contributed by atoms with E-state index in [2.05, 4.69) is 15.9 Å². The smallest absolute Gasteiger partial charge is 0.416 e. The summed E-state index contributed by atoms with van der Waals surface area (Å²) in [7, 11) is 0. The van der Waals surface area contributed by atoms with Gasteiger partial charge in [-0.05, 0) is 37.1 Å². The summed E-state index contributed by atoms with van der Waals surface area (Å²) in [6.45, 7) is 0.566. The van der Waals surface area contributed by atoms with Gasteiger partial charge in [-0.2, -0.15) is 13.2 Å². The second-order valence-electron chi connectivity index (χ2n) is 6.66. The van der Waals surface area contributed by atoms with Crippen molar-refractivity contribution >= 4 is 26.9 Å². The molecule has 0 saturated heterocycles. The number of unbranched alkanes of at least 4 members (excludes halogenated alkanes) is 3. The van der Waals surface area contributed by atoms with Gasteiger partial charge >= 0.3 is 6.18 Å². The molecule has 0 unspecified atom stereocenters. The van der Waals surface area contributed by atoms with Crippen LogP contribution in [-0.2, 0) is 6.18 Å². The molecule has 0 aliphatic carbocycles. The first-order chi connectivity index (χ1) is 13.9. The predicted octanol–water partition coefficient (Wildman–Crippen LogP) is 6.81. The number of hydrogen-bond acceptors (Lipinski definition) is 3. The van der Waals surface area contributed by atoms with Gasteiger partial charge in [0, 0.05) is 23.0 Å². The maximum Gasteiger partial charge on any atom is 0.416 e. The molecule has 0 bridgehead atoms. The minimum atomic E-state index is -4.41. The molecule has 0 spiro atoms. The average molecular weight is 469 g/mol. The van der Waals surface area contributed by atoms with E-state index in [1.807, 2.05) is 0 Å². The van der Waals surface area contributed by atoms with Gasteiger partial charge in [0.05, 0.1) is 17.6 Å². The molecule has 7 heteroatoms. The Balaban J connectivity index is 1.79. The molecule has 0 amide bonds. The van der Waals surface area contributed by atoms with Gasteiger partial charge in [-0.3, -0.25) is 4.79 Å². The van der Waals surface area contributed by atoms with Gasteiger partial charge in [-0.15, -0.1) is 0 Å². The van der Waals surface area contributed by atoms with Gasteiger partial charge in [-0.25, -0.2) is 0 Å². The van der Waals surface area contributed by atoms with Gasteiger partial charge in [-0.1, -0.05) is 40.9 Å². The molecule has 0 aliphatic rings. The van der Waals surface area contributed by atoms with E-state index in [4.69, 9.17) is 9.15 Å². The molecule has 3 nitrogen and oxygen atoms in total. The number of ether oxygens (including phenoxy) is 1. The van der Waals surface area contributed by atoms with Crippen LogP contribution in [0, 0.1) is 0 Å². The molecule has 1 aromatic heterocycles. The zero-order valence-electron chi connectivity index (χ0n) is 15.6. The number of halogens is 4. The van der Waals surface area contributed by atoms with E-state index >= 15 is 0 Å². The molecule has 0 aliphatic heterocycles. The second kappa shape index (κ2) is 9.48. The van der Waals surface area contributed by atoms with Gasteiger partial charge in [0.1, 0.15) is 17.1 Å². The minimum absolute atomic E-state index is 0.211. The number of hydrogen-bond donors (Lipinski definition) is 0. The van der Waals surface area contributed by atoms with Crippen molar-refractivity contribution < 1.29 is 22.3 Å². The molecule has 154 valence electrons. The maximum absolute atomic E-state index is 12.7. The van der Waals surface area contributed by atoms with Crippen LogP contribution < -0.4 is 10.2 Å². The average Bonchev–Trinajstić information content (AvgIpc) is 2.70. The lowest BCUT2D eigenvalue weighted by Gasteiger charge is -2.09. The van der Waals surface area contributed by atoms with Crippen molar-refractivity contribution in [2.45, 2.75) is 31.9 Å². The first-order valence-electron chi connectivity index (χ1n) is 9.33. The number of fused-ring (bicyclic) bond motifs is 1. The first-order valence-corrected chi connectivity index (χ1v) is 10.4. The van der Waals surface area contributed by atoms with Crippen molar-refractivity contribution in [1.29, 1.82) is 0 Å². The highest BCUT2D eigenvalue weighted by atomic mass is 79.9. The van der Waals surface area contributed by atoms with Gasteiger partial charge in [0.2, 0.25) is 0 Å². The quantitative estimate of drug-likeness (QED) is 0.269. The van der Waals surface area contributed by atoms with E-state index in [0.29, 0.717) is 28.9 Å². The molecule has 0 fully saturated rings. The fourth-order valence-electron chi connectivity index (χ4n) is 2.93. The fourth-order valence-corrected chi connectivity index (χ4v) is 3.33. The van der Waals surface area contributed by atoms with Crippen LogP contribution in [0.5, 0.6) is 5.75 Å². The predicted molar refractivity (Wildman–Crippen MR) is 111 cm³/mol. The van der Waals surface area contributed by atoms with Crippen molar-refractivity contribution in [2.75, 3.05) is 11.9 Å². The Bertz CT molecular complexity index is 1010. The van der Waals surface area contributed by atoms with Crippen LogP contribution in [0.2, 0.25) is 0 Å². The Hall–Kier alpha value is -2.28. The summed E-state index contributed by atoms with van der Waals surface area (Å²) in [4.78, 5) is 12.4. The molecule has 0 N–H and O–H groups in total. The van der Waals surface area contributed by atoms with E-state index in [9.17, 15) is 18.0 Å². The molecule has 1 heterocycles. The van der Waals surface area contributed by atoms with E-state index in [-0.39, 0.29) is 11.2 Å². The third kappa shape index (κ3) is 5.63. The molecular weight excluding hydrogens is 449 g/mol. The minimum Gasteiger partial charge on any atom is -0.493 e. The molecule has 0 radical (unpaired) electrons. The Labute approximate surface area is 174 Å². The maximum atomic E-state index is 12.7. The normalized spacial score (nSPS) is 11.7. The Morgan fingerprint density at radius 3 is 2.34 bits per heavy atom. The first kappa shape index (κ1) is 21.4. The van der Waals surface area contributed by atoms with Crippen LogP contribution in [0.3, 0.4) is 0 Å². The molecule has 0 saturated carbocycles. The monoisotopic (exact) mass is 468 g/mol. The summed E-state index contributed by atoms with van der Waals surface area (Å²) in [6, 6.07) is 10.8. The molecule has 0 atom stereocenters. The van der Waals surface area contributed by atoms with Gasteiger partial charge < -0.3 is 9.15 Å². The van der Waals surface area contributed by atoms with Crippen LogP contribution >= 0.6 is 15.9 Å². The van der Waals surface area contributed by atoms with Crippen molar-refractivity contribution in [3.8, 4) is 17.1 Å². The summed E-state index contributed by atoms with van der Waals surface area (Å²) in [5.41, 5.74) is -0.280. The van der Waals surface area contributed by atoms with E-state index in [0.717, 1.165) is 43.1 Å². The lowest BCUT2D eigenvalue weighted by Crippen LogP contribution is -2.04. The van der Waals surface area contributed by atoms with Crippen LogP contribution in [0.4, 0.5) is 13.2 Å². The van der Waals surface area contributed by atoms with E-state index in [1.165, 1.54) is 18.2 Å². The molecule has 3 rings (SSSR count). The zero-order chi connectivity index (χ0) is 20.9. The number of rotatable bonds is 8. The Morgan fingerprint density at radius 1 is 0.931 bits per heavy atom. The van der Waals surface area contributed by atoms with E-state index in [1.54, 1.807) is 18.2 Å². The van der Waals surface area contributed by atoms with Crippen molar-refractivity contribution in [3.05, 3.63) is 64.3 Å². The molecule has 2 aromatic carbocycles. The van der Waals surface area contributed by atoms with Crippen molar-refractivity contribution in [2.24, 2.45) is 0 Å². The summed E-state index contributed by atoms with van der Waals surface area (Å²) in [5.74, 6) is 0.800. The van der Waals surface area contributed by atoms with E-state index < -0.39 is 11.7 Å². The third-order valence-corrected chi connectivity index (χ3v) is 5.05. The van der Waals surface area contributed by atoms with Gasteiger partial charge in [0.25, 0.3) is 0 Å². The summed E-state index contributed by atoms with van der Waals surface area (Å²) < 4.78 is 49.7. The van der Waals surface area contributed by atoms with Gasteiger partial charge in [0.15, 0.2) is 5.43 Å². The lowest BCUT2D eigenvalue weighted by atomic mass is 10.1. The standard InChI is InChI=1S/C22H20BrF3O3/c23-11-3-1-2-4-12-28-17-9-10-18-19(27)14-20(29-21(18)13-17)15-5-7-16(8-6-15)22(24,25)26/h5-10,13-14H,1-4,11-12H2. The number of alkyl halides is 4. The Kier molecular flexibility index (Phi) is 7.00. The molecule has 3 aromatic rings. The largest absolute Gasteiger partial charge is 0.493 e. The topological polar surface area (TPSA) is 39.4 Å². The zero-order valence-corrected chi connectivity index (χ0v) is 17.2. The number of benzene rings is 2. The van der Waals surface area contributed by atoms with Crippen LogP contribution in [0.1, 0.15) is 31.2 Å². The highest BCUT2D eigenvalue weighted by molar-refractivity contribution is 9.09. The molecular formula is C22H20BrF3O3. The van der Waals surface area contributed by atoms with Crippen LogP contribution in [0.15, 0.2) is 57.7 Å². The highest BCUT2D eigenvalue weighted by Gasteiger charge is 2.30. The second-order valence-corrected chi connectivity index (χ2v) is 7.45.